The summed E-state index contributed by atoms with van der Waals surface area (Å²) >= 11 is 0. The summed E-state index contributed by atoms with van der Waals surface area (Å²) in [7, 11) is 1.92. The van der Waals surface area contributed by atoms with Gasteiger partial charge < -0.3 is 14.6 Å². The molecule has 102 valence electrons. The standard InChI is InChI=1S/C14H19N3O2/c1-3-5-14-16-13(17-19-14)10-18-12-7-4-6-11(8-12)9-15-2/h4,6-8,15H,3,5,9-10H2,1-2H3. The highest BCUT2D eigenvalue weighted by Gasteiger charge is 2.06. The van der Waals surface area contributed by atoms with Crippen LogP contribution in [-0.4, -0.2) is 17.2 Å². The van der Waals surface area contributed by atoms with Gasteiger partial charge in [0, 0.05) is 13.0 Å². The van der Waals surface area contributed by atoms with Crippen LogP contribution in [-0.2, 0) is 19.6 Å². The van der Waals surface area contributed by atoms with E-state index < -0.39 is 0 Å². The van der Waals surface area contributed by atoms with Crippen molar-refractivity contribution in [3.63, 3.8) is 0 Å². The van der Waals surface area contributed by atoms with Crippen molar-refractivity contribution < 1.29 is 9.26 Å². The molecule has 0 atom stereocenters. The Labute approximate surface area is 113 Å². The quantitative estimate of drug-likeness (QED) is 0.828. The lowest BCUT2D eigenvalue weighted by molar-refractivity contribution is 0.285. The van der Waals surface area contributed by atoms with Crippen LogP contribution in [0.2, 0.25) is 0 Å². The predicted octanol–water partition coefficient (Wildman–Crippen LogP) is 2.32. The zero-order chi connectivity index (χ0) is 13.5. The van der Waals surface area contributed by atoms with Gasteiger partial charge in [-0.05, 0) is 31.2 Å². The zero-order valence-electron chi connectivity index (χ0n) is 11.3. The zero-order valence-corrected chi connectivity index (χ0v) is 11.3. The second-order valence-electron chi connectivity index (χ2n) is 4.32. The van der Waals surface area contributed by atoms with Gasteiger partial charge in [-0.1, -0.05) is 24.2 Å². The first-order valence-electron chi connectivity index (χ1n) is 6.49. The van der Waals surface area contributed by atoms with Crippen molar-refractivity contribution in [3.05, 3.63) is 41.5 Å². The largest absolute Gasteiger partial charge is 0.485 e. The molecule has 0 spiro atoms. The number of nitrogens with one attached hydrogen (secondary N) is 1. The van der Waals surface area contributed by atoms with Crippen LogP contribution in [0.25, 0.3) is 0 Å². The molecule has 5 heteroatoms. The van der Waals surface area contributed by atoms with Crippen molar-refractivity contribution in [2.24, 2.45) is 0 Å². The van der Waals surface area contributed by atoms with E-state index in [-0.39, 0.29) is 0 Å². The smallest absolute Gasteiger partial charge is 0.226 e. The lowest BCUT2D eigenvalue weighted by Crippen LogP contribution is -2.05. The fraction of sp³-hybridized carbons (Fsp3) is 0.429. The highest BCUT2D eigenvalue weighted by atomic mass is 16.5. The van der Waals surface area contributed by atoms with Gasteiger partial charge in [0.2, 0.25) is 11.7 Å². The van der Waals surface area contributed by atoms with Crippen molar-refractivity contribution in [1.82, 2.24) is 15.5 Å². The molecule has 0 aliphatic heterocycles. The van der Waals surface area contributed by atoms with Gasteiger partial charge in [-0.15, -0.1) is 0 Å². The Hall–Kier alpha value is -1.88. The van der Waals surface area contributed by atoms with E-state index in [1.165, 1.54) is 5.56 Å². The van der Waals surface area contributed by atoms with Crippen LogP contribution in [0.1, 0.15) is 30.6 Å². The fourth-order valence-electron chi connectivity index (χ4n) is 1.76. The van der Waals surface area contributed by atoms with Crippen molar-refractivity contribution in [2.45, 2.75) is 32.9 Å². The Kier molecular flexibility index (Phi) is 4.92. The van der Waals surface area contributed by atoms with Gasteiger partial charge in [-0.25, -0.2) is 0 Å². The minimum Gasteiger partial charge on any atom is -0.485 e. The number of aryl methyl sites for hydroxylation is 1. The number of rotatable bonds is 7. The molecule has 0 saturated carbocycles. The molecule has 19 heavy (non-hydrogen) atoms. The summed E-state index contributed by atoms with van der Waals surface area (Å²) in [5, 5.41) is 6.99. The second kappa shape index (κ2) is 6.89. The lowest BCUT2D eigenvalue weighted by Gasteiger charge is -2.05. The summed E-state index contributed by atoms with van der Waals surface area (Å²) in [5.41, 5.74) is 1.18. The van der Waals surface area contributed by atoms with E-state index in [2.05, 4.69) is 28.4 Å². The van der Waals surface area contributed by atoms with Crippen LogP contribution in [0.4, 0.5) is 0 Å². The molecular formula is C14H19N3O2. The predicted molar refractivity (Wildman–Crippen MR) is 71.8 cm³/mol. The second-order valence-corrected chi connectivity index (χ2v) is 4.32. The summed E-state index contributed by atoms with van der Waals surface area (Å²) < 4.78 is 10.8. The molecule has 1 aromatic carbocycles. The summed E-state index contributed by atoms with van der Waals surface area (Å²) in [6.07, 6.45) is 1.80. The lowest BCUT2D eigenvalue weighted by atomic mass is 10.2. The van der Waals surface area contributed by atoms with E-state index in [0.29, 0.717) is 18.3 Å². The average Bonchev–Trinajstić information content (AvgIpc) is 2.86. The third-order valence-corrected chi connectivity index (χ3v) is 2.62. The van der Waals surface area contributed by atoms with Gasteiger partial charge in [0.25, 0.3) is 0 Å². The number of aromatic nitrogens is 2. The number of benzene rings is 1. The Morgan fingerprint density at radius 2 is 2.26 bits per heavy atom. The minimum atomic E-state index is 0.330. The summed E-state index contributed by atoms with van der Waals surface area (Å²) in [4.78, 5) is 4.26. The van der Waals surface area contributed by atoms with Gasteiger partial charge in [-0.2, -0.15) is 4.98 Å². The highest BCUT2D eigenvalue weighted by Crippen LogP contribution is 2.14. The molecule has 0 fully saturated rings. The Morgan fingerprint density at radius 3 is 3.05 bits per heavy atom. The average molecular weight is 261 g/mol. The molecular weight excluding hydrogens is 242 g/mol. The molecule has 0 aliphatic carbocycles. The molecule has 0 saturated heterocycles. The molecule has 5 nitrogen and oxygen atoms in total. The Bertz CT molecular complexity index is 511. The Morgan fingerprint density at radius 1 is 1.37 bits per heavy atom. The van der Waals surface area contributed by atoms with Crippen LogP contribution in [0, 0.1) is 0 Å². The summed E-state index contributed by atoms with van der Waals surface area (Å²) in [6, 6.07) is 7.95. The summed E-state index contributed by atoms with van der Waals surface area (Å²) in [5.74, 6) is 2.07. The number of nitrogens with zero attached hydrogens (tertiary/aromatic N) is 2. The van der Waals surface area contributed by atoms with Crippen molar-refractivity contribution in [2.75, 3.05) is 7.05 Å². The molecule has 0 radical (unpaired) electrons. The molecule has 0 bridgehead atoms. The third kappa shape index (κ3) is 4.06. The highest BCUT2D eigenvalue weighted by molar-refractivity contribution is 5.28. The molecule has 2 aromatic rings. The van der Waals surface area contributed by atoms with E-state index in [9.17, 15) is 0 Å². The fourth-order valence-corrected chi connectivity index (χ4v) is 1.76. The van der Waals surface area contributed by atoms with E-state index in [1.807, 2.05) is 25.2 Å². The van der Waals surface area contributed by atoms with Gasteiger partial charge in [0.15, 0.2) is 6.61 Å². The number of ether oxygens (including phenoxy) is 1. The molecule has 0 amide bonds. The molecule has 0 aliphatic rings. The number of hydrogen-bond donors (Lipinski definition) is 1. The molecule has 2 rings (SSSR count). The normalized spacial score (nSPS) is 10.6. The SMILES string of the molecule is CCCc1nc(COc2cccc(CNC)c2)no1. The molecule has 1 N–H and O–H groups in total. The first kappa shape index (κ1) is 13.5. The topological polar surface area (TPSA) is 60.2 Å². The van der Waals surface area contributed by atoms with Crippen molar-refractivity contribution >= 4 is 0 Å². The monoisotopic (exact) mass is 261 g/mol. The third-order valence-electron chi connectivity index (χ3n) is 2.62. The van der Waals surface area contributed by atoms with Crippen molar-refractivity contribution in [1.29, 1.82) is 0 Å². The van der Waals surface area contributed by atoms with Gasteiger partial charge >= 0.3 is 0 Å². The maximum Gasteiger partial charge on any atom is 0.226 e. The van der Waals surface area contributed by atoms with Crippen molar-refractivity contribution in [3.8, 4) is 5.75 Å². The van der Waals surface area contributed by atoms with E-state index in [0.717, 1.165) is 25.1 Å². The van der Waals surface area contributed by atoms with Gasteiger partial charge in [-0.3, -0.25) is 0 Å². The van der Waals surface area contributed by atoms with Gasteiger partial charge in [0.1, 0.15) is 5.75 Å². The summed E-state index contributed by atoms with van der Waals surface area (Å²) in [6.45, 7) is 3.23. The Balaban J connectivity index is 1.91. The van der Waals surface area contributed by atoms with E-state index in [1.54, 1.807) is 0 Å². The maximum absolute atomic E-state index is 5.66. The first-order chi connectivity index (χ1) is 9.31. The number of hydrogen-bond acceptors (Lipinski definition) is 5. The molecule has 1 heterocycles. The van der Waals surface area contributed by atoms with E-state index in [4.69, 9.17) is 9.26 Å². The van der Waals surface area contributed by atoms with Crippen LogP contribution >= 0.6 is 0 Å². The minimum absolute atomic E-state index is 0.330. The van der Waals surface area contributed by atoms with Crippen LogP contribution in [0.5, 0.6) is 5.75 Å². The molecule has 1 aromatic heterocycles. The molecule has 0 unspecified atom stereocenters. The van der Waals surface area contributed by atoms with Crippen LogP contribution in [0.3, 0.4) is 0 Å². The van der Waals surface area contributed by atoms with Crippen LogP contribution < -0.4 is 10.1 Å². The first-order valence-corrected chi connectivity index (χ1v) is 6.49. The van der Waals surface area contributed by atoms with Gasteiger partial charge in [0.05, 0.1) is 0 Å². The van der Waals surface area contributed by atoms with E-state index >= 15 is 0 Å². The van der Waals surface area contributed by atoms with Crippen LogP contribution in [0.15, 0.2) is 28.8 Å². The maximum atomic E-state index is 5.66.